The minimum Gasteiger partial charge on any atom is -0.480 e. The van der Waals surface area contributed by atoms with Gasteiger partial charge in [-0.3, -0.25) is 44.3 Å². The van der Waals surface area contributed by atoms with Crippen molar-refractivity contribution in [2.75, 3.05) is 20.2 Å². The van der Waals surface area contributed by atoms with E-state index in [9.17, 15) is 33.9 Å². The van der Waals surface area contributed by atoms with Crippen LogP contribution in [0.15, 0.2) is 71.7 Å². The number of amides is 2. The molecule has 19 heteroatoms. The molecule has 2 aromatic carbocycles. The number of Topliss-reactive ketones (excluding diaryl/α,β-unsaturated/α-hetero) is 2. The molecule has 79 heavy (non-hydrogen) atoms. The lowest BCUT2D eigenvalue weighted by Gasteiger charge is -2.19. The van der Waals surface area contributed by atoms with E-state index in [0.717, 1.165) is 45.5 Å². The molecule has 0 saturated heterocycles. The molecule has 2 aliphatic heterocycles. The molecule has 11 N–H and O–H groups in total. The van der Waals surface area contributed by atoms with Crippen LogP contribution in [-0.4, -0.2) is 103 Å². The standard InChI is InChI=1S/C60H67N11O8/c1-8-37-28(2)40-27-47-50(32(6)72)30(4)42(67-47)25-41-29(3)38(54(70-41)52-53(60(78)79-7)56(75)51-31(5)43(71-55(51)52)26-46(37)66-40)18-19-48(73)64-21-10-9-11-39(59(76)77)69-49(74)20-22-65-58(63)34-14-12-33(13-15-34)44-23-35-16-17-36(57(61)62)24-45(35)68-44/h12-17,23-29,37-39,53,67-68,71H,8-11,18-22H2,1-7H3,(H3,61,62)(H2,63,65)(H,64,73)(H,69,74)(H,76,77)/t28-,29+,37-,38+,39?,53?/m1/s1. The van der Waals surface area contributed by atoms with Gasteiger partial charge in [-0.05, 0) is 99.9 Å². The van der Waals surface area contributed by atoms with E-state index in [2.05, 4.69) is 44.4 Å². The predicted octanol–water partition coefficient (Wildman–Crippen LogP) is 8.64. The van der Waals surface area contributed by atoms with E-state index in [4.69, 9.17) is 31.6 Å². The number of carbonyl (C=O) groups excluding carboxylic acids is 5. The number of nitrogens with two attached hydrogens (primary N) is 2. The first kappa shape index (κ1) is 55.0. The lowest BCUT2D eigenvalue weighted by molar-refractivity contribution is -0.142. The topological polar surface area (TPSA) is 317 Å². The third-order valence-electron chi connectivity index (χ3n) is 16.0. The quantitative estimate of drug-likeness (QED) is 0.00919. The largest absolute Gasteiger partial charge is 0.480 e. The van der Waals surface area contributed by atoms with Crippen molar-refractivity contribution in [3.63, 3.8) is 0 Å². The van der Waals surface area contributed by atoms with Crippen molar-refractivity contribution in [3.05, 3.63) is 128 Å². The number of carboxylic acids is 1. The molecule has 0 saturated carbocycles. The number of carboxylic acid groups (broad SMARTS) is 1. The molecular weight excluding hydrogens is 1000 g/mol. The summed E-state index contributed by atoms with van der Waals surface area (Å²) >= 11 is 0. The van der Waals surface area contributed by atoms with Gasteiger partial charge < -0.3 is 46.9 Å². The number of H-pyrrole nitrogens is 3. The lowest BCUT2D eigenvalue weighted by Crippen LogP contribution is -2.41. The number of ketones is 2. The van der Waals surface area contributed by atoms with Gasteiger partial charge in [-0.2, -0.15) is 0 Å². The number of nitrogens with one attached hydrogen (secondary N) is 6. The summed E-state index contributed by atoms with van der Waals surface area (Å²) in [7, 11) is 1.25. The normalized spacial score (nSPS) is 18.1. The van der Waals surface area contributed by atoms with Crippen LogP contribution in [0.2, 0.25) is 0 Å². The maximum absolute atomic E-state index is 14.5. The van der Waals surface area contributed by atoms with Crippen LogP contribution in [0.25, 0.3) is 44.2 Å². The number of aromatic amines is 3. The number of aliphatic carboxylic acids is 1. The van der Waals surface area contributed by atoms with Crippen LogP contribution in [0.5, 0.6) is 0 Å². The molecule has 2 unspecified atom stereocenters. The van der Waals surface area contributed by atoms with E-state index in [1.165, 1.54) is 7.11 Å². The predicted molar refractivity (Wildman–Crippen MR) is 303 cm³/mol. The first-order valence-corrected chi connectivity index (χ1v) is 26.9. The van der Waals surface area contributed by atoms with Crippen molar-refractivity contribution in [2.45, 2.75) is 122 Å². The Morgan fingerprint density at radius 2 is 1.49 bits per heavy atom. The second-order valence-electron chi connectivity index (χ2n) is 21.0. The molecule has 1 aliphatic carbocycles. The Balaban J connectivity index is 0.849. The van der Waals surface area contributed by atoms with E-state index in [1.807, 2.05) is 81.4 Å². The van der Waals surface area contributed by atoms with E-state index < -0.39 is 41.5 Å². The molecule has 2 amide bonds. The smallest absolute Gasteiger partial charge is 0.326 e. The Morgan fingerprint density at radius 3 is 2.19 bits per heavy atom. The van der Waals surface area contributed by atoms with Crippen molar-refractivity contribution >= 4 is 80.0 Å². The molecule has 410 valence electrons. The minimum absolute atomic E-state index is 0.0116. The molecule has 6 heterocycles. The number of amidine groups is 2. The number of nitrogens with zero attached hydrogens (tertiary/aromatic N) is 3. The first-order chi connectivity index (χ1) is 37.8. The number of aromatic nitrogens is 5. The van der Waals surface area contributed by atoms with Crippen LogP contribution in [0.4, 0.5) is 0 Å². The molecular formula is C60H67N11O8. The number of hydrogen-bond acceptors (Lipinski definition) is 11. The highest BCUT2D eigenvalue weighted by molar-refractivity contribution is 6.23. The van der Waals surface area contributed by atoms with E-state index in [0.29, 0.717) is 86.1 Å². The summed E-state index contributed by atoms with van der Waals surface area (Å²) in [5.74, 6) is -4.79. The first-order valence-electron chi connectivity index (χ1n) is 26.9. The van der Waals surface area contributed by atoms with Crippen molar-refractivity contribution in [1.82, 2.24) is 35.6 Å². The summed E-state index contributed by atoms with van der Waals surface area (Å²) in [6.07, 6.45) is 2.09. The molecule has 3 aliphatic rings. The third-order valence-corrected chi connectivity index (χ3v) is 16.0. The van der Waals surface area contributed by atoms with Gasteiger partial charge in [0.2, 0.25) is 11.8 Å². The highest BCUT2D eigenvalue weighted by atomic mass is 16.5. The number of methoxy groups -OCH3 is 1. The monoisotopic (exact) mass is 1070 g/mol. The molecule has 0 fully saturated rings. The molecule has 6 atom stereocenters. The number of carbonyl (C=O) groups is 6. The SMILES string of the molecule is CC[C@H]1c2cc3[nH]c4c(c3C)C(=O)C(C(=O)OC)c4c3nc(cc4[nH]c(cc(n2)[C@@H]1C)c(C(C)=O)c4C)[C@@H](C)[C@@H]3CCC(=O)NCCCCC(NC(=O)CCN=C(N)c1ccc(-c2cc3ccc(C(=N)N)cc3[nH]2)cc1)C(=O)O. The fourth-order valence-electron chi connectivity index (χ4n) is 11.6. The molecule has 19 nitrogen and oxygen atoms in total. The van der Waals surface area contributed by atoms with Gasteiger partial charge in [-0.1, -0.05) is 57.2 Å². The van der Waals surface area contributed by atoms with Crippen LogP contribution in [0.3, 0.4) is 0 Å². The highest BCUT2D eigenvalue weighted by Crippen LogP contribution is 2.48. The van der Waals surface area contributed by atoms with Gasteiger partial charge in [0.15, 0.2) is 11.6 Å². The number of esters is 1. The second-order valence-corrected chi connectivity index (χ2v) is 21.0. The Bertz CT molecular complexity index is 3680. The zero-order valence-electron chi connectivity index (χ0n) is 45.5. The number of unbranched alkanes of at least 4 members (excludes halogenated alkanes) is 1. The zero-order valence-corrected chi connectivity index (χ0v) is 45.5. The molecule has 6 aromatic rings. The number of aliphatic imine (C=N–C) groups is 1. The fraction of sp³-hybridized carbons (Fsp3) is 0.367. The summed E-state index contributed by atoms with van der Waals surface area (Å²) < 4.78 is 5.26. The highest BCUT2D eigenvalue weighted by Gasteiger charge is 2.45. The van der Waals surface area contributed by atoms with Gasteiger partial charge in [-0.15, -0.1) is 0 Å². The van der Waals surface area contributed by atoms with Crippen LogP contribution in [0, 0.1) is 19.3 Å². The van der Waals surface area contributed by atoms with Crippen LogP contribution in [0.1, 0.15) is 174 Å². The number of hydrogen-bond donors (Lipinski definition) is 9. The number of benzene rings is 2. The van der Waals surface area contributed by atoms with Gasteiger partial charge >= 0.3 is 11.9 Å². The van der Waals surface area contributed by atoms with Crippen LogP contribution >= 0.6 is 0 Å². The van der Waals surface area contributed by atoms with Gasteiger partial charge in [-0.25, -0.2) is 4.79 Å². The van der Waals surface area contributed by atoms with Crippen molar-refractivity contribution in [2.24, 2.45) is 16.5 Å². The molecule has 0 radical (unpaired) electrons. The maximum Gasteiger partial charge on any atom is 0.326 e. The van der Waals surface area contributed by atoms with Crippen molar-refractivity contribution < 1.29 is 38.6 Å². The number of fused-ring (bicyclic) bond motifs is 9. The number of nitrogen functional groups attached to an aromatic ring is 1. The number of rotatable bonds is 19. The van der Waals surface area contributed by atoms with Gasteiger partial charge in [0.05, 0.1) is 30.4 Å². The van der Waals surface area contributed by atoms with E-state index >= 15 is 0 Å². The molecule has 8 bridgehead atoms. The fourth-order valence-corrected chi connectivity index (χ4v) is 11.6. The summed E-state index contributed by atoms with van der Waals surface area (Å²) in [5.41, 5.74) is 24.0. The third kappa shape index (κ3) is 10.9. The Hall–Kier alpha value is -8.74. The van der Waals surface area contributed by atoms with E-state index in [1.54, 1.807) is 13.0 Å². The Labute approximate surface area is 456 Å². The summed E-state index contributed by atoms with van der Waals surface area (Å²) in [5, 5.41) is 24.2. The van der Waals surface area contributed by atoms with Crippen LogP contribution in [-0.2, 0) is 23.9 Å². The van der Waals surface area contributed by atoms with E-state index in [-0.39, 0.29) is 73.5 Å². The van der Waals surface area contributed by atoms with Crippen LogP contribution < -0.4 is 22.1 Å². The average Bonchev–Trinajstić information content (AvgIpc) is 3.81. The molecule has 0 spiro atoms. The number of ether oxygens (including phenoxy) is 1. The summed E-state index contributed by atoms with van der Waals surface area (Å²) in [4.78, 5) is 105. The maximum atomic E-state index is 14.5. The Morgan fingerprint density at radius 1 is 0.810 bits per heavy atom. The van der Waals surface area contributed by atoms with Gasteiger partial charge in [0, 0.05) is 116 Å². The van der Waals surface area contributed by atoms with Gasteiger partial charge in [0.1, 0.15) is 23.6 Å². The summed E-state index contributed by atoms with van der Waals surface area (Å²) in [6, 6.07) is 19.7. The van der Waals surface area contributed by atoms with Crippen molar-refractivity contribution in [1.29, 1.82) is 5.41 Å². The zero-order chi connectivity index (χ0) is 56.6. The lowest BCUT2D eigenvalue weighted by atomic mass is 9.84. The molecule has 4 aromatic heterocycles. The minimum atomic E-state index is -1.28. The number of aryl methyl sites for hydroxylation is 2. The van der Waals surface area contributed by atoms with Crippen molar-refractivity contribution in [3.8, 4) is 11.3 Å². The second kappa shape index (κ2) is 22.7. The molecule has 9 rings (SSSR count). The average molecular weight is 1070 g/mol. The van der Waals surface area contributed by atoms with Gasteiger partial charge in [0.25, 0.3) is 0 Å². The summed E-state index contributed by atoms with van der Waals surface area (Å²) in [6.45, 7) is 11.8. The Kier molecular flexibility index (Phi) is 15.8.